The van der Waals surface area contributed by atoms with Crippen molar-refractivity contribution < 1.29 is 9.52 Å². The number of aromatic hydroxyl groups is 1. The monoisotopic (exact) mass is 395 g/mol. The average molecular weight is 395 g/mol. The Labute approximate surface area is 171 Å². The van der Waals surface area contributed by atoms with Crippen LogP contribution in [0.5, 0.6) is 5.88 Å². The molecule has 2 N–H and O–H groups in total. The summed E-state index contributed by atoms with van der Waals surface area (Å²) < 4.78 is 5.10. The number of oxazole rings is 1. The number of aryl methyl sites for hydroxylation is 1. The average Bonchev–Trinajstić information content (AvgIpc) is 3.40. The van der Waals surface area contributed by atoms with Crippen LogP contribution in [-0.4, -0.2) is 30.8 Å². The number of pyridine rings is 2. The van der Waals surface area contributed by atoms with Gasteiger partial charge in [0.25, 0.3) is 0 Å². The molecule has 0 saturated carbocycles. The second kappa shape index (κ2) is 7.29. The van der Waals surface area contributed by atoms with Gasteiger partial charge in [0.15, 0.2) is 12.3 Å². The number of hydrogen-bond acceptors (Lipinski definition) is 6. The van der Waals surface area contributed by atoms with E-state index in [-0.39, 0.29) is 5.88 Å². The number of H-pyrrole nitrogens is 1. The molecule has 7 nitrogen and oxygen atoms in total. The topological polar surface area (TPSA) is 100 Å². The van der Waals surface area contributed by atoms with E-state index in [2.05, 4.69) is 19.9 Å². The van der Waals surface area contributed by atoms with Crippen molar-refractivity contribution in [3.8, 4) is 17.1 Å². The Morgan fingerprint density at radius 2 is 1.93 bits per heavy atom. The van der Waals surface area contributed by atoms with Crippen molar-refractivity contribution in [1.82, 2.24) is 19.9 Å². The third-order valence-electron chi connectivity index (χ3n) is 4.76. The van der Waals surface area contributed by atoms with E-state index in [0.29, 0.717) is 22.6 Å². The quantitative estimate of drug-likeness (QED) is 0.426. The van der Waals surface area contributed by atoms with Crippen LogP contribution in [0.2, 0.25) is 0 Å². The first kappa shape index (κ1) is 17.8. The first-order chi connectivity index (χ1) is 14.7. The van der Waals surface area contributed by atoms with Crippen molar-refractivity contribution in [3.05, 3.63) is 90.4 Å². The minimum Gasteiger partial charge on any atom is -0.494 e. The normalized spacial score (nSPS) is 11.8. The fourth-order valence-corrected chi connectivity index (χ4v) is 3.38. The van der Waals surface area contributed by atoms with E-state index in [4.69, 9.17) is 9.41 Å². The molecule has 0 spiro atoms. The smallest absolute Gasteiger partial charge is 0.200 e. The van der Waals surface area contributed by atoms with Gasteiger partial charge in [-0.25, -0.2) is 15.0 Å². The molecule has 0 atom stereocenters. The second-order valence-electron chi connectivity index (χ2n) is 6.82. The molecule has 0 bridgehead atoms. The van der Waals surface area contributed by atoms with Crippen LogP contribution >= 0.6 is 0 Å². The van der Waals surface area contributed by atoms with Gasteiger partial charge in [-0.1, -0.05) is 30.3 Å². The third kappa shape index (κ3) is 3.22. The van der Waals surface area contributed by atoms with Gasteiger partial charge in [-0.15, -0.1) is 0 Å². The van der Waals surface area contributed by atoms with E-state index in [1.807, 2.05) is 55.5 Å². The molecule has 0 radical (unpaired) electrons. The highest BCUT2D eigenvalue weighted by Gasteiger charge is 2.20. The molecule has 5 aromatic rings. The van der Waals surface area contributed by atoms with E-state index >= 15 is 0 Å². The lowest BCUT2D eigenvalue weighted by molar-refractivity contribution is 0.457. The van der Waals surface area contributed by atoms with E-state index in [9.17, 15) is 5.11 Å². The van der Waals surface area contributed by atoms with Crippen molar-refractivity contribution >= 4 is 22.4 Å². The van der Waals surface area contributed by atoms with E-state index in [1.54, 1.807) is 18.7 Å². The maximum atomic E-state index is 10.8. The van der Waals surface area contributed by atoms with Crippen LogP contribution in [0.4, 0.5) is 5.69 Å². The molecular weight excluding hydrogens is 378 g/mol. The summed E-state index contributed by atoms with van der Waals surface area (Å²) in [6, 6.07) is 15.4. The number of nitrogens with one attached hydrogen (secondary N) is 1. The fraction of sp³-hybridized carbons (Fsp3) is 0.0435. The predicted octanol–water partition coefficient (Wildman–Crippen LogP) is 4.80. The molecule has 0 amide bonds. The molecule has 7 heteroatoms. The van der Waals surface area contributed by atoms with Gasteiger partial charge >= 0.3 is 0 Å². The number of rotatable bonds is 4. The fourth-order valence-electron chi connectivity index (χ4n) is 3.38. The zero-order chi connectivity index (χ0) is 20.5. The summed E-state index contributed by atoms with van der Waals surface area (Å²) in [7, 11) is 0. The highest BCUT2D eigenvalue weighted by atomic mass is 16.3. The number of aromatic nitrogens is 4. The number of fused-ring (bicyclic) bond motifs is 1. The minimum atomic E-state index is 0.00295. The Hall–Kier alpha value is -4.26. The van der Waals surface area contributed by atoms with Gasteiger partial charge < -0.3 is 14.5 Å². The van der Waals surface area contributed by atoms with Crippen LogP contribution in [-0.2, 0) is 0 Å². The molecule has 0 aliphatic heterocycles. The summed E-state index contributed by atoms with van der Waals surface area (Å²) >= 11 is 0. The Kier molecular flexibility index (Phi) is 4.33. The second-order valence-corrected chi connectivity index (χ2v) is 6.82. The first-order valence-corrected chi connectivity index (χ1v) is 9.35. The van der Waals surface area contributed by atoms with Crippen LogP contribution in [0.15, 0.2) is 83.0 Å². The minimum absolute atomic E-state index is 0.00295. The zero-order valence-electron chi connectivity index (χ0n) is 16.1. The van der Waals surface area contributed by atoms with Crippen LogP contribution in [0, 0.1) is 6.92 Å². The molecule has 0 unspecified atom stereocenters. The van der Waals surface area contributed by atoms with E-state index in [0.717, 1.165) is 27.9 Å². The van der Waals surface area contributed by atoms with Crippen LogP contribution in [0.1, 0.15) is 16.8 Å². The lowest BCUT2D eigenvalue weighted by Crippen LogP contribution is -2.03. The molecule has 146 valence electrons. The molecule has 0 aliphatic rings. The van der Waals surface area contributed by atoms with Gasteiger partial charge in [-0.05, 0) is 25.1 Å². The predicted molar refractivity (Wildman–Crippen MR) is 114 cm³/mol. The molecule has 4 aromatic heterocycles. The summed E-state index contributed by atoms with van der Waals surface area (Å²) in [4.78, 5) is 20.7. The SMILES string of the molecule is Cc1cc(N=C(c2ccccc2)c2c(O)[nH]c3ncc(-c4cocn4)cc23)ccn1. The summed E-state index contributed by atoms with van der Waals surface area (Å²) in [5, 5.41) is 11.5. The number of benzene rings is 1. The third-order valence-corrected chi connectivity index (χ3v) is 4.76. The van der Waals surface area contributed by atoms with E-state index < -0.39 is 0 Å². The Morgan fingerprint density at radius 1 is 1.07 bits per heavy atom. The van der Waals surface area contributed by atoms with E-state index in [1.165, 1.54) is 6.39 Å². The van der Waals surface area contributed by atoms with Crippen LogP contribution < -0.4 is 0 Å². The highest BCUT2D eigenvalue weighted by Crippen LogP contribution is 2.32. The molecule has 0 aliphatic carbocycles. The standard InChI is InChI=1S/C23H17N5O2/c1-14-9-17(7-8-24-14)27-21(15-5-3-2-4-6-15)20-18-10-16(19-12-30-13-26-19)11-25-22(18)28-23(20)29/h2-13,29H,1H3,(H,25,28). The van der Waals surface area contributed by atoms with Crippen molar-refractivity contribution in [2.75, 3.05) is 0 Å². The zero-order valence-corrected chi connectivity index (χ0v) is 16.1. The maximum absolute atomic E-state index is 10.8. The van der Waals surface area contributed by atoms with Gasteiger partial charge in [0, 0.05) is 34.6 Å². The highest BCUT2D eigenvalue weighted by molar-refractivity contribution is 6.21. The molecule has 1 aromatic carbocycles. The summed E-state index contributed by atoms with van der Waals surface area (Å²) in [5.74, 6) is 0.00295. The number of nitrogens with zero attached hydrogens (tertiary/aromatic N) is 4. The summed E-state index contributed by atoms with van der Waals surface area (Å²) in [6.45, 7) is 1.92. The van der Waals surface area contributed by atoms with Gasteiger partial charge in [-0.2, -0.15) is 0 Å². The van der Waals surface area contributed by atoms with Crippen LogP contribution in [0.3, 0.4) is 0 Å². The number of hydrogen-bond donors (Lipinski definition) is 2. The molecular formula is C23H17N5O2. The van der Waals surface area contributed by atoms with Crippen LogP contribution in [0.25, 0.3) is 22.3 Å². The molecule has 0 saturated heterocycles. The van der Waals surface area contributed by atoms with Crippen molar-refractivity contribution in [2.24, 2.45) is 4.99 Å². The first-order valence-electron chi connectivity index (χ1n) is 9.35. The van der Waals surface area contributed by atoms with Crippen molar-refractivity contribution in [3.63, 3.8) is 0 Å². The molecule has 5 rings (SSSR count). The van der Waals surface area contributed by atoms with Gasteiger partial charge in [0.05, 0.1) is 17.0 Å². The lowest BCUT2D eigenvalue weighted by atomic mass is 10.0. The molecule has 0 fully saturated rings. The summed E-state index contributed by atoms with van der Waals surface area (Å²) in [5.41, 5.74) is 5.69. The van der Waals surface area contributed by atoms with Gasteiger partial charge in [-0.3, -0.25) is 4.98 Å². The summed E-state index contributed by atoms with van der Waals surface area (Å²) in [6.07, 6.45) is 6.33. The number of aliphatic imine (C=N–C) groups is 1. The molecule has 4 heterocycles. The Balaban J connectivity index is 1.77. The maximum Gasteiger partial charge on any atom is 0.200 e. The van der Waals surface area contributed by atoms with Gasteiger partial charge in [0.2, 0.25) is 0 Å². The van der Waals surface area contributed by atoms with Gasteiger partial charge in [0.1, 0.15) is 17.6 Å². The van der Waals surface area contributed by atoms with Crippen molar-refractivity contribution in [2.45, 2.75) is 6.92 Å². The Morgan fingerprint density at radius 3 is 2.70 bits per heavy atom. The largest absolute Gasteiger partial charge is 0.494 e. The Bertz CT molecular complexity index is 1360. The van der Waals surface area contributed by atoms with Crippen molar-refractivity contribution in [1.29, 1.82) is 0 Å². The molecule has 30 heavy (non-hydrogen) atoms. The number of aromatic amines is 1. The lowest BCUT2D eigenvalue weighted by Gasteiger charge is -2.08.